The third-order valence-electron chi connectivity index (χ3n) is 19.7. The van der Waals surface area contributed by atoms with Crippen molar-refractivity contribution in [3.8, 4) is 135 Å². The molecule has 0 fully saturated rings. The van der Waals surface area contributed by atoms with E-state index in [1.54, 1.807) is 0 Å². The Morgan fingerprint density at radius 2 is 0.535 bits per heavy atom. The summed E-state index contributed by atoms with van der Waals surface area (Å²) in [6, 6.07) is 106. The molecule has 8 nitrogen and oxygen atoms in total. The quantitative estimate of drug-likeness (QED) is 0.111. The molecule has 0 bridgehead atoms. The Morgan fingerprint density at radius 1 is 0.192 bits per heavy atom. The summed E-state index contributed by atoms with van der Waals surface area (Å²) < 4.78 is 0. The summed E-state index contributed by atoms with van der Waals surface area (Å²) in [5.41, 5.74) is 19.2. The second-order valence-electron chi connectivity index (χ2n) is 25.5. The first-order chi connectivity index (χ1) is 48.9. The lowest BCUT2D eigenvalue weighted by atomic mass is 9.90. The molecule has 0 saturated heterocycles. The average molecular weight is 1260 g/mol. The predicted octanol–water partition coefficient (Wildman–Crippen LogP) is 23.0. The molecule has 0 aliphatic carbocycles. The van der Waals surface area contributed by atoms with Crippen LogP contribution in [-0.4, -0.2) is 39.9 Å². The molecule has 0 spiro atoms. The SMILES string of the molecule is Cc1c(-c2cncc(-c3cccc(-c4nc(-c5ccc(-c6ccccc6)cc5)nc(-c5ccc(-c6ccc7ccc8cccc9ccc6c7c89)cc5)n4)c3)c2)cccc1-c1nc(-c2ccc(-c3ccncc3)cc2)nc(-c2ccc(-c3ccc4ccc5cccc6ccc3c4c56)cc2)n1. The van der Waals surface area contributed by atoms with Crippen LogP contribution in [0.2, 0.25) is 0 Å². The number of aromatic nitrogens is 8. The van der Waals surface area contributed by atoms with Gasteiger partial charge in [-0.15, -0.1) is 0 Å². The molecule has 0 aliphatic heterocycles. The van der Waals surface area contributed by atoms with Gasteiger partial charge in [0.2, 0.25) is 0 Å². The van der Waals surface area contributed by atoms with Crippen LogP contribution in [0.3, 0.4) is 0 Å². The lowest BCUT2D eigenvalue weighted by Gasteiger charge is -2.15. The lowest BCUT2D eigenvalue weighted by Crippen LogP contribution is -2.02. The molecule has 0 atom stereocenters. The summed E-state index contributed by atoms with van der Waals surface area (Å²) in [6.07, 6.45) is 7.48. The third kappa shape index (κ3) is 10.2. The number of hydrogen-bond acceptors (Lipinski definition) is 8. The van der Waals surface area contributed by atoms with E-state index in [9.17, 15) is 0 Å². The van der Waals surface area contributed by atoms with Gasteiger partial charge in [0, 0.05) is 69.3 Å². The second-order valence-corrected chi connectivity index (χ2v) is 25.5. The zero-order valence-electron chi connectivity index (χ0n) is 53.7. The Kier molecular flexibility index (Phi) is 13.6. The molecular weight excluding hydrogens is 1210 g/mol. The smallest absolute Gasteiger partial charge is 0.164 e. The Balaban J connectivity index is 0.668. The molecule has 19 rings (SSSR count). The molecule has 0 aliphatic rings. The van der Waals surface area contributed by atoms with Crippen LogP contribution in [0, 0.1) is 6.92 Å². The van der Waals surface area contributed by atoms with Crippen molar-refractivity contribution in [2.45, 2.75) is 6.92 Å². The number of hydrogen-bond donors (Lipinski definition) is 0. The molecule has 4 heterocycles. The third-order valence-corrected chi connectivity index (χ3v) is 19.7. The van der Waals surface area contributed by atoms with E-state index in [4.69, 9.17) is 34.9 Å². The predicted molar refractivity (Wildman–Crippen MR) is 406 cm³/mol. The van der Waals surface area contributed by atoms with Crippen molar-refractivity contribution in [2.24, 2.45) is 0 Å². The highest BCUT2D eigenvalue weighted by Crippen LogP contribution is 2.43. The Morgan fingerprint density at radius 3 is 1.04 bits per heavy atom. The van der Waals surface area contributed by atoms with Gasteiger partial charge >= 0.3 is 0 Å². The van der Waals surface area contributed by atoms with Gasteiger partial charge in [-0.3, -0.25) is 9.97 Å². The molecule has 0 saturated carbocycles. The maximum absolute atomic E-state index is 5.32. The van der Waals surface area contributed by atoms with E-state index in [1.807, 2.05) is 43.0 Å². The van der Waals surface area contributed by atoms with Crippen LogP contribution in [0.25, 0.3) is 200 Å². The molecule has 460 valence electrons. The van der Waals surface area contributed by atoms with Crippen LogP contribution >= 0.6 is 0 Å². The minimum Gasteiger partial charge on any atom is -0.265 e. The molecule has 4 aromatic heterocycles. The second kappa shape index (κ2) is 23.6. The van der Waals surface area contributed by atoms with Gasteiger partial charge in [0.05, 0.1) is 0 Å². The average Bonchev–Trinajstić information content (AvgIpc) is 0.749. The normalized spacial score (nSPS) is 11.7. The van der Waals surface area contributed by atoms with E-state index in [-0.39, 0.29) is 0 Å². The topological polar surface area (TPSA) is 103 Å². The highest BCUT2D eigenvalue weighted by atomic mass is 15.0. The zero-order valence-corrected chi connectivity index (χ0v) is 53.7. The van der Waals surface area contributed by atoms with Gasteiger partial charge in [-0.05, 0) is 157 Å². The molecule has 15 aromatic carbocycles. The standard InChI is InChI=1S/C91H56N8/c1-55-76(17-8-18-77(55)91-98-88(69-33-21-58(22-34-69)59-47-49-92-50-48-59)95-89(99-91)71-37-25-61(26-38-71)79-44-40-67-30-28-63-12-6-14-65-42-46-81(79)85(67)83(63)65)75-52-74(53-93-54-75)72-15-7-16-73(51-72)90-96-86(68-31-19-57(20-32-68)56-9-3-2-4-10-56)94-87(97-90)70-35-23-60(24-36-70)78-43-39-66-29-27-62-11-5-13-64-41-45-80(78)84(66)82(62)64/h2-54H,1H3. The highest BCUT2D eigenvalue weighted by Gasteiger charge is 2.21. The molecule has 0 radical (unpaired) electrons. The first-order valence-electron chi connectivity index (χ1n) is 33.3. The van der Waals surface area contributed by atoms with Crippen molar-refractivity contribution >= 4 is 64.6 Å². The molecule has 99 heavy (non-hydrogen) atoms. The van der Waals surface area contributed by atoms with Crippen LogP contribution < -0.4 is 0 Å². The molecule has 0 amide bonds. The molecule has 19 aromatic rings. The first-order valence-corrected chi connectivity index (χ1v) is 33.3. The largest absolute Gasteiger partial charge is 0.265 e. The van der Waals surface area contributed by atoms with Gasteiger partial charge in [-0.1, -0.05) is 273 Å². The van der Waals surface area contributed by atoms with Crippen molar-refractivity contribution in [1.82, 2.24) is 39.9 Å². The van der Waals surface area contributed by atoms with Gasteiger partial charge in [0.25, 0.3) is 0 Å². The molecule has 8 heteroatoms. The maximum Gasteiger partial charge on any atom is 0.164 e. The molecular formula is C91H56N8. The van der Waals surface area contributed by atoms with Gasteiger partial charge in [-0.25, -0.2) is 29.9 Å². The zero-order chi connectivity index (χ0) is 65.5. The van der Waals surface area contributed by atoms with Crippen molar-refractivity contribution in [2.75, 3.05) is 0 Å². The van der Waals surface area contributed by atoms with Crippen molar-refractivity contribution in [3.63, 3.8) is 0 Å². The summed E-state index contributed by atoms with van der Waals surface area (Å²) in [5, 5.41) is 15.1. The Labute approximate surface area is 570 Å². The summed E-state index contributed by atoms with van der Waals surface area (Å²) in [7, 11) is 0. The minimum absolute atomic E-state index is 0.563. The fraction of sp³-hybridized carbons (Fsp3) is 0.0110. The molecule has 0 N–H and O–H groups in total. The van der Waals surface area contributed by atoms with Crippen LogP contribution in [0.15, 0.2) is 322 Å². The monoisotopic (exact) mass is 1260 g/mol. The first kappa shape index (κ1) is 57.2. The summed E-state index contributed by atoms with van der Waals surface area (Å²) in [6.45, 7) is 2.14. The highest BCUT2D eigenvalue weighted by molar-refractivity contribution is 6.27. The number of benzene rings is 15. The van der Waals surface area contributed by atoms with Gasteiger partial charge < -0.3 is 0 Å². The Bertz CT molecular complexity index is 6280. The number of rotatable bonds is 12. The van der Waals surface area contributed by atoms with Crippen LogP contribution in [0.1, 0.15) is 5.56 Å². The fourth-order valence-electron chi connectivity index (χ4n) is 14.7. The van der Waals surface area contributed by atoms with Crippen LogP contribution in [-0.2, 0) is 0 Å². The summed E-state index contributed by atoms with van der Waals surface area (Å²) >= 11 is 0. The van der Waals surface area contributed by atoms with Crippen molar-refractivity contribution in [1.29, 1.82) is 0 Å². The van der Waals surface area contributed by atoms with E-state index in [2.05, 4.69) is 291 Å². The summed E-state index contributed by atoms with van der Waals surface area (Å²) in [5.74, 6) is 3.46. The van der Waals surface area contributed by atoms with Gasteiger partial charge in [-0.2, -0.15) is 0 Å². The Hall–Kier alpha value is -13.3. The van der Waals surface area contributed by atoms with Crippen molar-refractivity contribution < 1.29 is 0 Å². The van der Waals surface area contributed by atoms with Gasteiger partial charge in [0.15, 0.2) is 34.9 Å². The minimum atomic E-state index is 0.563. The van der Waals surface area contributed by atoms with Gasteiger partial charge in [0.1, 0.15) is 0 Å². The van der Waals surface area contributed by atoms with Crippen LogP contribution in [0.5, 0.6) is 0 Å². The maximum atomic E-state index is 5.32. The van der Waals surface area contributed by atoms with Crippen LogP contribution in [0.4, 0.5) is 0 Å². The van der Waals surface area contributed by atoms with E-state index < -0.39 is 0 Å². The van der Waals surface area contributed by atoms with E-state index >= 15 is 0 Å². The lowest BCUT2D eigenvalue weighted by molar-refractivity contribution is 1.07. The fourth-order valence-corrected chi connectivity index (χ4v) is 14.7. The summed E-state index contributed by atoms with van der Waals surface area (Å²) in [4.78, 5) is 40.7. The molecule has 0 unspecified atom stereocenters. The number of nitrogens with zero attached hydrogens (tertiary/aromatic N) is 8. The van der Waals surface area contributed by atoms with E-state index in [0.29, 0.717) is 34.9 Å². The van der Waals surface area contributed by atoms with Crippen molar-refractivity contribution in [3.05, 3.63) is 328 Å². The number of pyridine rings is 2. The van der Waals surface area contributed by atoms with E-state index in [0.717, 1.165) is 94.6 Å². The van der Waals surface area contributed by atoms with E-state index in [1.165, 1.54) is 75.8 Å².